The van der Waals surface area contributed by atoms with Gasteiger partial charge in [-0.25, -0.2) is 0 Å². The number of para-hydroxylation sites is 1. The van der Waals surface area contributed by atoms with Crippen molar-refractivity contribution in [2.45, 2.75) is 18.9 Å². The van der Waals surface area contributed by atoms with Gasteiger partial charge < -0.3 is 5.73 Å². The molecule has 4 heteroatoms. The lowest BCUT2D eigenvalue weighted by molar-refractivity contribution is -0.124. The molecule has 2 N–H and O–H groups in total. The molecule has 0 aromatic heterocycles. The number of amides is 2. The molecule has 124 valence electrons. The van der Waals surface area contributed by atoms with Crippen LogP contribution in [0.2, 0.25) is 0 Å². The summed E-state index contributed by atoms with van der Waals surface area (Å²) in [5, 5.41) is 2.16. The van der Waals surface area contributed by atoms with Gasteiger partial charge in [0.1, 0.15) is 6.04 Å². The number of carbonyl (C=O) groups excluding carboxylic acids is 2. The van der Waals surface area contributed by atoms with Crippen LogP contribution in [0.15, 0.2) is 66.7 Å². The molecule has 0 spiro atoms. The van der Waals surface area contributed by atoms with Crippen LogP contribution in [0, 0.1) is 0 Å². The van der Waals surface area contributed by atoms with Crippen molar-refractivity contribution in [2.24, 2.45) is 5.73 Å². The summed E-state index contributed by atoms with van der Waals surface area (Å²) >= 11 is 0. The third-order valence-corrected chi connectivity index (χ3v) is 4.79. The van der Waals surface area contributed by atoms with E-state index in [9.17, 15) is 9.59 Å². The molecule has 3 aromatic rings. The maximum Gasteiger partial charge on any atom is 0.240 e. The number of fused-ring (bicyclic) bond motifs is 2. The van der Waals surface area contributed by atoms with Crippen LogP contribution in [0.1, 0.15) is 11.1 Å². The zero-order chi connectivity index (χ0) is 17.4. The van der Waals surface area contributed by atoms with Crippen LogP contribution >= 0.6 is 0 Å². The average molecular weight is 330 g/mol. The largest absolute Gasteiger partial charge is 0.368 e. The molecule has 0 fully saturated rings. The lowest BCUT2D eigenvalue weighted by Crippen LogP contribution is -2.46. The van der Waals surface area contributed by atoms with Gasteiger partial charge in [-0.05, 0) is 28.0 Å². The quantitative estimate of drug-likeness (QED) is 0.802. The molecular formula is C21H18N2O2. The van der Waals surface area contributed by atoms with E-state index in [1.807, 2.05) is 66.7 Å². The summed E-state index contributed by atoms with van der Waals surface area (Å²) in [4.78, 5) is 26.5. The number of rotatable bonds is 3. The van der Waals surface area contributed by atoms with E-state index >= 15 is 0 Å². The fourth-order valence-corrected chi connectivity index (χ4v) is 3.62. The number of hydrogen-bond donors (Lipinski definition) is 1. The molecule has 4 nitrogen and oxygen atoms in total. The lowest BCUT2D eigenvalue weighted by Gasteiger charge is -2.23. The summed E-state index contributed by atoms with van der Waals surface area (Å²) in [6.07, 6.45) is 0.715. The topological polar surface area (TPSA) is 63.4 Å². The van der Waals surface area contributed by atoms with Crippen molar-refractivity contribution in [2.75, 3.05) is 4.90 Å². The predicted molar refractivity (Wildman–Crippen MR) is 98.3 cm³/mol. The third kappa shape index (κ3) is 2.66. The van der Waals surface area contributed by atoms with Crippen LogP contribution in [0.4, 0.5) is 5.69 Å². The molecule has 0 aliphatic carbocycles. The van der Waals surface area contributed by atoms with Crippen molar-refractivity contribution in [3.63, 3.8) is 0 Å². The van der Waals surface area contributed by atoms with Crippen LogP contribution in [-0.2, 0) is 22.4 Å². The summed E-state index contributed by atoms with van der Waals surface area (Å²) in [7, 11) is 0. The molecule has 0 unspecified atom stereocenters. The van der Waals surface area contributed by atoms with Crippen LogP contribution in [0.5, 0.6) is 0 Å². The number of carbonyl (C=O) groups is 2. The maximum absolute atomic E-state index is 13.1. The second-order valence-corrected chi connectivity index (χ2v) is 6.33. The number of primary amides is 1. The highest BCUT2D eigenvalue weighted by Gasteiger charge is 2.36. The summed E-state index contributed by atoms with van der Waals surface area (Å²) in [5.74, 6) is -0.576. The highest BCUT2D eigenvalue weighted by Crippen LogP contribution is 2.33. The first-order valence-corrected chi connectivity index (χ1v) is 8.31. The number of hydrogen-bond acceptors (Lipinski definition) is 2. The van der Waals surface area contributed by atoms with E-state index in [0.29, 0.717) is 6.42 Å². The van der Waals surface area contributed by atoms with Crippen LogP contribution in [-0.4, -0.2) is 17.9 Å². The van der Waals surface area contributed by atoms with Gasteiger partial charge in [0.2, 0.25) is 11.8 Å². The Bertz CT molecular complexity index is 975. The van der Waals surface area contributed by atoms with E-state index in [2.05, 4.69) is 0 Å². The first-order chi connectivity index (χ1) is 12.1. The minimum absolute atomic E-state index is 0.106. The van der Waals surface area contributed by atoms with Crippen LogP contribution < -0.4 is 10.6 Å². The van der Waals surface area contributed by atoms with Gasteiger partial charge in [0, 0.05) is 12.1 Å². The monoisotopic (exact) mass is 330 g/mol. The zero-order valence-electron chi connectivity index (χ0n) is 13.7. The Kier molecular flexibility index (Phi) is 3.73. The summed E-state index contributed by atoms with van der Waals surface area (Å²) in [6.45, 7) is 0. The van der Waals surface area contributed by atoms with Crippen molar-refractivity contribution in [1.29, 1.82) is 0 Å². The van der Waals surface area contributed by atoms with Gasteiger partial charge >= 0.3 is 0 Å². The molecule has 1 heterocycles. The molecule has 0 saturated carbocycles. The molecule has 0 bridgehead atoms. The Labute approximate surface area is 145 Å². The first kappa shape index (κ1) is 15.4. The Hall–Kier alpha value is -3.14. The average Bonchev–Trinajstić information content (AvgIpc) is 3.02. The third-order valence-electron chi connectivity index (χ3n) is 4.79. The summed E-state index contributed by atoms with van der Waals surface area (Å²) in [6, 6.07) is 20.9. The number of anilines is 1. The van der Waals surface area contributed by atoms with Gasteiger partial charge in [0.05, 0.1) is 6.42 Å². The molecule has 1 aliphatic heterocycles. The SMILES string of the molecule is NC(=O)[C@H]1Cc2ccccc2N1C(=O)Cc1cccc2ccccc12. The lowest BCUT2D eigenvalue weighted by atomic mass is 10.0. The van der Waals surface area contributed by atoms with Gasteiger partial charge in [0.25, 0.3) is 0 Å². The highest BCUT2D eigenvalue weighted by atomic mass is 16.2. The fraction of sp³-hybridized carbons (Fsp3) is 0.143. The fourth-order valence-electron chi connectivity index (χ4n) is 3.62. The van der Waals surface area contributed by atoms with E-state index in [0.717, 1.165) is 27.6 Å². The molecule has 4 rings (SSSR count). The Balaban J connectivity index is 1.71. The van der Waals surface area contributed by atoms with E-state index in [4.69, 9.17) is 5.73 Å². The maximum atomic E-state index is 13.1. The van der Waals surface area contributed by atoms with Gasteiger partial charge in [-0.15, -0.1) is 0 Å². The van der Waals surface area contributed by atoms with E-state index < -0.39 is 11.9 Å². The molecule has 25 heavy (non-hydrogen) atoms. The molecule has 2 amide bonds. The van der Waals surface area contributed by atoms with Gasteiger partial charge in [-0.2, -0.15) is 0 Å². The summed E-state index contributed by atoms with van der Waals surface area (Å²) in [5.41, 5.74) is 8.28. The second-order valence-electron chi connectivity index (χ2n) is 6.33. The standard InChI is InChI=1S/C21H18N2O2/c22-21(25)19-12-16-7-2-4-11-18(16)23(19)20(24)13-15-9-5-8-14-6-1-3-10-17(14)15/h1-11,19H,12-13H2,(H2,22,25)/t19-/m1/s1. The molecule has 1 aliphatic rings. The van der Waals surface area contributed by atoms with Crippen molar-refractivity contribution >= 4 is 28.3 Å². The van der Waals surface area contributed by atoms with Crippen LogP contribution in [0.25, 0.3) is 10.8 Å². The van der Waals surface area contributed by atoms with Crippen molar-refractivity contribution < 1.29 is 9.59 Å². The molecule has 0 saturated heterocycles. The van der Waals surface area contributed by atoms with Crippen LogP contribution in [0.3, 0.4) is 0 Å². The predicted octanol–water partition coefficient (Wildman–Crippen LogP) is 2.83. The molecule has 0 radical (unpaired) electrons. The number of benzene rings is 3. The van der Waals surface area contributed by atoms with Crippen molar-refractivity contribution in [3.8, 4) is 0 Å². The normalized spacial score (nSPS) is 16.0. The van der Waals surface area contributed by atoms with E-state index in [-0.39, 0.29) is 12.3 Å². The molecule has 3 aromatic carbocycles. The highest BCUT2D eigenvalue weighted by molar-refractivity contribution is 6.05. The van der Waals surface area contributed by atoms with Crippen molar-refractivity contribution in [3.05, 3.63) is 77.9 Å². The zero-order valence-corrected chi connectivity index (χ0v) is 13.7. The first-order valence-electron chi connectivity index (χ1n) is 8.31. The van der Waals surface area contributed by atoms with Gasteiger partial charge in [0.15, 0.2) is 0 Å². The Morgan fingerprint density at radius 2 is 1.68 bits per heavy atom. The minimum atomic E-state index is -0.611. The second kappa shape index (κ2) is 6.06. The molecule has 1 atom stereocenters. The molecular weight excluding hydrogens is 312 g/mol. The summed E-state index contributed by atoms with van der Waals surface area (Å²) < 4.78 is 0. The van der Waals surface area contributed by atoms with Gasteiger partial charge in [-0.1, -0.05) is 60.7 Å². The smallest absolute Gasteiger partial charge is 0.240 e. The van der Waals surface area contributed by atoms with Crippen molar-refractivity contribution in [1.82, 2.24) is 0 Å². The number of nitrogens with zero attached hydrogens (tertiary/aromatic N) is 1. The Morgan fingerprint density at radius 3 is 2.52 bits per heavy atom. The minimum Gasteiger partial charge on any atom is -0.368 e. The Morgan fingerprint density at radius 1 is 0.960 bits per heavy atom. The van der Waals surface area contributed by atoms with Gasteiger partial charge in [-0.3, -0.25) is 14.5 Å². The van der Waals surface area contributed by atoms with E-state index in [1.54, 1.807) is 4.90 Å². The van der Waals surface area contributed by atoms with E-state index in [1.165, 1.54) is 0 Å². The number of nitrogens with two attached hydrogens (primary N) is 1.